The van der Waals surface area contributed by atoms with Crippen molar-refractivity contribution in [2.24, 2.45) is 0 Å². The molecule has 1 aliphatic carbocycles. The molecule has 0 radical (unpaired) electrons. The van der Waals surface area contributed by atoms with Gasteiger partial charge in [-0.05, 0) is 32.2 Å². The molecule has 0 spiro atoms. The third-order valence-electron chi connectivity index (χ3n) is 5.60. The van der Waals surface area contributed by atoms with Crippen LogP contribution < -0.4 is 0 Å². The highest BCUT2D eigenvalue weighted by Gasteiger charge is 2.38. The van der Waals surface area contributed by atoms with Gasteiger partial charge in [0.2, 0.25) is 11.8 Å². The van der Waals surface area contributed by atoms with Crippen molar-refractivity contribution in [2.45, 2.75) is 63.6 Å². The van der Waals surface area contributed by atoms with Gasteiger partial charge in [-0.3, -0.25) is 9.69 Å². The number of likely N-dealkylation sites (tertiary alicyclic amines) is 1. The molecule has 1 aromatic heterocycles. The SMILES string of the molecule is Cc1nc([C@@H]2CCCN2CC(=O)N2CCO[C@H]3CCCC[C@@H]32)no1. The molecule has 3 fully saturated rings. The summed E-state index contributed by atoms with van der Waals surface area (Å²) in [4.78, 5) is 21.6. The molecule has 1 amide bonds. The van der Waals surface area contributed by atoms with Crippen LogP contribution >= 0.6 is 0 Å². The molecule has 3 aliphatic rings. The summed E-state index contributed by atoms with van der Waals surface area (Å²) in [5.74, 6) is 1.53. The summed E-state index contributed by atoms with van der Waals surface area (Å²) >= 11 is 0. The lowest BCUT2D eigenvalue weighted by Gasteiger charge is -2.44. The minimum absolute atomic E-state index is 0.106. The lowest BCUT2D eigenvalue weighted by Crippen LogP contribution is -2.56. The molecule has 2 saturated heterocycles. The fourth-order valence-electron chi connectivity index (χ4n) is 4.43. The molecule has 3 heterocycles. The third kappa shape index (κ3) is 3.07. The van der Waals surface area contributed by atoms with Gasteiger partial charge in [-0.1, -0.05) is 18.0 Å². The van der Waals surface area contributed by atoms with Gasteiger partial charge >= 0.3 is 0 Å². The normalized spacial score (nSPS) is 31.2. The minimum atomic E-state index is 0.106. The van der Waals surface area contributed by atoms with Crippen molar-refractivity contribution in [1.82, 2.24) is 19.9 Å². The number of rotatable bonds is 3. The lowest BCUT2D eigenvalue weighted by molar-refractivity contribution is -0.150. The molecule has 0 N–H and O–H groups in total. The standard InChI is InChI=1S/C17H26N4O3/c1-12-18-17(19-24-12)14-6-4-8-20(14)11-16(22)21-9-10-23-15-7-3-2-5-13(15)21/h13-15H,2-11H2,1H3/t13-,14-,15-/m0/s1. The Morgan fingerprint density at radius 2 is 2.08 bits per heavy atom. The summed E-state index contributed by atoms with van der Waals surface area (Å²) in [5, 5.41) is 4.06. The van der Waals surface area contributed by atoms with Crippen molar-refractivity contribution in [2.75, 3.05) is 26.2 Å². The van der Waals surface area contributed by atoms with E-state index in [1.165, 1.54) is 12.8 Å². The van der Waals surface area contributed by atoms with Gasteiger partial charge < -0.3 is 14.2 Å². The van der Waals surface area contributed by atoms with Crippen LogP contribution in [0.25, 0.3) is 0 Å². The minimum Gasteiger partial charge on any atom is -0.374 e. The molecule has 7 nitrogen and oxygen atoms in total. The number of morpholine rings is 1. The van der Waals surface area contributed by atoms with E-state index in [9.17, 15) is 4.79 Å². The first-order valence-electron chi connectivity index (χ1n) is 9.18. The number of hydrogen-bond acceptors (Lipinski definition) is 6. The Hall–Kier alpha value is -1.47. The predicted octanol–water partition coefficient (Wildman–Crippen LogP) is 1.68. The maximum absolute atomic E-state index is 13.0. The Morgan fingerprint density at radius 3 is 2.92 bits per heavy atom. The van der Waals surface area contributed by atoms with Crippen LogP contribution in [0, 0.1) is 6.92 Å². The highest BCUT2D eigenvalue weighted by molar-refractivity contribution is 5.79. The van der Waals surface area contributed by atoms with Gasteiger partial charge in [-0.2, -0.15) is 4.98 Å². The largest absolute Gasteiger partial charge is 0.374 e. The average molecular weight is 334 g/mol. The number of aryl methyl sites for hydroxylation is 1. The van der Waals surface area contributed by atoms with Crippen LogP contribution in [0.5, 0.6) is 0 Å². The second-order valence-electron chi connectivity index (χ2n) is 7.15. The smallest absolute Gasteiger partial charge is 0.237 e. The second-order valence-corrected chi connectivity index (χ2v) is 7.15. The number of aromatic nitrogens is 2. The molecule has 1 saturated carbocycles. The summed E-state index contributed by atoms with van der Waals surface area (Å²) < 4.78 is 11.0. The molecular weight excluding hydrogens is 308 g/mol. The fourth-order valence-corrected chi connectivity index (χ4v) is 4.43. The molecule has 7 heteroatoms. The Kier molecular flexibility index (Phi) is 4.54. The van der Waals surface area contributed by atoms with E-state index >= 15 is 0 Å². The van der Waals surface area contributed by atoms with Crippen molar-refractivity contribution in [3.05, 3.63) is 11.7 Å². The summed E-state index contributed by atoms with van der Waals surface area (Å²) in [6, 6.07) is 0.378. The molecule has 0 aromatic carbocycles. The highest BCUT2D eigenvalue weighted by Crippen LogP contribution is 2.32. The second kappa shape index (κ2) is 6.80. The van der Waals surface area contributed by atoms with Gasteiger partial charge in [0.1, 0.15) is 0 Å². The van der Waals surface area contributed by atoms with Crippen molar-refractivity contribution in [3.63, 3.8) is 0 Å². The molecular formula is C17H26N4O3. The summed E-state index contributed by atoms with van der Waals surface area (Å²) in [5.41, 5.74) is 0. The van der Waals surface area contributed by atoms with Gasteiger partial charge in [0.25, 0.3) is 0 Å². The average Bonchev–Trinajstić information content (AvgIpc) is 3.23. The summed E-state index contributed by atoms with van der Waals surface area (Å²) in [6.07, 6.45) is 6.87. The number of hydrogen-bond donors (Lipinski definition) is 0. The molecule has 3 atom stereocenters. The summed E-state index contributed by atoms with van der Waals surface area (Å²) in [6.45, 7) is 4.56. The topological polar surface area (TPSA) is 71.7 Å². The van der Waals surface area contributed by atoms with E-state index in [4.69, 9.17) is 9.26 Å². The van der Waals surface area contributed by atoms with Crippen LogP contribution in [0.2, 0.25) is 0 Å². The first kappa shape index (κ1) is 16.0. The predicted molar refractivity (Wildman–Crippen MR) is 86.3 cm³/mol. The highest BCUT2D eigenvalue weighted by atomic mass is 16.5. The van der Waals surface area contributed by atoms with Crippen LogP contribution in [0.1, 0.15) is 56.3 Å². The zero-order valence-corrected chi connectivity index (χ0v) is 14.3. The quantitative estimate of drug-likeness (QED) is 0.837. The first-order valence-corrected chi connectivity index (χ1v) is 9.18. The fraction of sp³-hybridized carbons (Fsp3) is 0.824. The molecule has 0 unspecified atom stereocenters. The number of nitrogens with zero attached hydrogens (tertiary/aromatic N) is 4. The van der Waals surface area contributed by atoms with Gasteiger partial charge in [0.05, 0.1) is 31.3 Å². The van der Waals surface area contributed by atoms with Crippen LogP contribution in [-0.4, -0.2) is 64.2 Å². The Balaban J connectivity index is 1.43. The molecule has 0 bridgehead atoms. The number of fused-ring (bicyclic) bond motifs is 1. The van der Waals surface area contributed by atoms with Crippen LogP contribution in [-0.2, 0) is 9.53 Å². The van der Waals surface area contributed by atoms with Crippen molar-refractivity contribution in [1.29, 1.82) is 0 Å². The Bertz CT molecular complexity index is 588. The van der Waals surface area contributed by atoms with E-state index in [-0.39, 0.29) is 24.1 Å². The van der Waals surface area contributed by atoms with Crippen LogP contribution in [0.4, 0.5) is 0 Å². The monoisotopic (exact) mass is 334 g/mol. The van der Waals surface area contributed by atoms with Crippen molar-refractivity contribution in [3.8, 4) is 0 Å². The number of amides is 1. The van der Waals surface area contributed by atoms with Crippen LogP contribution in [0.3, 0.4) is 0 Å². The van der Waals surface area contributed by atoms with Crippen LogP contribution in [0.15, 0.2) is 4.52 Å². The van der Waals surface area contributed by atoms with E-state index in [1.807, 2.05) is 0 Å². The molecule has 2 aliphatic heterocycles. The number of carbonyl (C=O) groups excluding carboxylic acids is 1. The Labute approximate surface area is 142 Å². The van der Waals surface area contributed by atoms with Gasteiger partial charge in [0, 0.05) is 13.5 Å². The third-order valence-corrected chi connectivity index (χ3v) is 5.60. The maximum Gasteiger partial charge on any atom is 0.237 e. The van der Waals surface area contributed by atoms with E-state index in [2.05, 4.69) is 19.9 Å². The lowest BCUT2D eigenvalue weighted by atomic mass is 9.90. The zero-order valence-electron chi connectivity index (χ0n) is 14.3. The number of ether oxygens (including phenoxy) is 1. The first-order chi connectivity index (χ1) is 11.7. The van der Waals surface area contributed by atoms with E-state index in [0.717, 1.165) is 44.6 Å². The molecule has 4 rings (SSSR count). The van der Waals surface area contributed by atoms with Crippen molar-refractivity contribution < 1.29 is 14.1 Å². The molecule has 24 heavy (non-hydrogen) atoms. The van der Waals surface area contributed by atoms with E-state index in [1.54, 1.807) is 6.92 Å². The van der Waals surface area contributed by atoms with E-state index < -0.39 is 0 Å². The van der Waals surface area contributed by atoms with Crippen molar-refractivity contribution >= 4 is 5.91 Å². The number of carbonyl (C=O) groups is 1. The van der Waals surface area contributed by atoms with E-state index in [0.29, 0.717) is 19.0 Å². The van der Waals surface area contributed by atoms with Gasteiger partial charge in [0.15, 0.2) is 5.82 Å². The van der Waals surface area contributed by atoms with Gasteiger partial charge in [-0.25, -0.2) is 0 Å². The summed E-state index contributed by atoms with van der Waals surface area (Å²) in [7, 11) is 0. The molecule has 1 aromatic rings. The Morgan fingerprint density at radius 1 is 1.21 bits per heavy atom. The maximum atomic E-state index is 13.0. The van der Waals surface area contributed by atoms with Gasteiger partial charge in [-0.15, -0.1) is 0 Å². The zero-order chi connectivity index (χ0) is 16.5. The molecule has 132 valence electrons.